The normalized spacial score (nSPS) is 13.0. The van der Waals surface area contributed by atoms with Crippen LogP contribution in [0.3, 0.4) is 0 Å². The monoisotopic (exact) mass is 294 g/mol. The van der Waals surface area contributed by atoms with Crippen LogP contribution in [-0.2, 0) is 0 Å². The summed E-state index contributed by atoms with van der Waals surface area (Å²) in [4.78, 5) is 4.80. The molecule has 0 aliphatic carbocycles. The Morgan fingerprint density at radius 2 is 1.59 bits per heavy atom. The first-order valence-electron chi connectivity index (χ1n) is 8.19. The van der Waals surface area contributed by atoms with Gasteiger partial charge in [0.1, 0.15) is 0 Å². The standard InChI is InChI=1S/C20H26N2/c1-4-16(3)15-17(5-2)21-19-11-13-20(14-12-19)22-18-9-7-6-8-10-18/h6-14,16,22H,4-5,15H2,1-3H3. The molecule has 0 amide bonds. The fraction of sp³-hybridized carbons (Fsp3) is 0.350. The first kappa shape index (κ1) is 16.3. The highest BCUT2D eigenvalue weighted by Gasteiger charge is 2.04. The van der Waals surface area contributed by atoms with E-state index in [2.05, 4.69) is 62.5 Å². The van der Waals surface area contributed by atoms with Crippen molar-refractivity contribution >= 4 is 22.8 Å². The van der Waals surface area contributed by atoms with E-state index >= 15 is 0 Å². The molecule has 1 N–H and O–H groups in total. The fourth-order valence-electron chi connectivity index (χ4n) is 2.31. The lowest BCUT2D eigenvalue weighted by Crippen LogP contribution is -2.03. The Balaban J connectivity index is 2.04. The molecule has 1 unspecified atom stereocenters. The summed E-state index contributed by atoms with van der Waals surface area (Å²) in [5.41, 5.74) is 4.52. The zero-order chi connectivity index (χ0) is 15.8. The van der Waals surface area contributed by atoms with Crippen molar-refractivity contribution < 1.29 is 0 Å². The number of para-hydroxylation sites is 1. The molecule has 0 bridgehead atoms. The maximum Gasteiger partial charge on any atom is 0.0630 e. The van der Waals surface area contributed by atoms with Gasteiger partial charge in [-0.15, -0.1) is 0 Å². The number of rotatable bonds is 7. The van der Waals surface area contributed by atoms with Gasteiger partial charge in [0, 0.05) is 17.1 Å². The summed E-state index contributed by atoms with van der Waals surface area (Å²) in [6, 6.07) is 18.5. The van der Waals surface area contributed by atoms with Gasteiger partial charge in [0.25, 0.3) is 0 Å². The highest BCUT2D eigenvalue weighted by molar-refractivity contribution is 5.87. The van der Waals surface area contributed by atoms with Crippen molar-refractivity contribution in [3.8, 4) is 0 Å². The van der Waals surface area contributed by atoms with Crippen molar-refractivity contribution in [2.45, 2.75) is 40.0 Å². The Morgan fingerprint density at radius 3 is 2.18 bits per heavy atom. The Hall–Kier alpha value is -2.09. The van der Waals surface area contributed by atoms with E-state index in [0.29, 0.717) is 5.92 Å². The second-order valence-corrected chi connectivity index (χ2v) is 5.79. The van der Waals surface area contributed by atoms with E-state index in [1.807, 2.05) is 18.2 Å². The lowest BCUT2D eigenvalue weighted by Gasteiger charge is -2.10. The van der Waals surface area contributed by atoms with Crippen LogP contribution in [0.4, 0.5) is 17.1 Å². The van der Waals surface area contributed by atoms with Gasteiger partial charge in [0.05, 0.1) is 5.69 Å². The van der Waals surface area contributed by atoms with Gasteiger partial charge in [-0.3, -0.25) is 4.99 Å². The van der Waals surface area contributed by atoms with E-state index in [9.17, 15) is 0 Å². The Kier molecular flexibility index (Phi) is 6.20. The Bertz CT molecular complexity index is 585. The minimum atomic E-state index is 0.706. The fourth-order valence-corrected chi connectivity index (χ4v) is 2.31. The molecule has 0 aliphatic heterocycles. The third kappa shape index (κ3) is 5.03. The highest BCUT2D eigenvalue weighted by Crippen LogP contribution is 2.21. The maximum absolute atomic E-state index is 4.80. The van der Waals surface area contributed by atoms with Crippen LogP contribution in [0.25, 0.3) is 0 Å². The largest absolute Gasteiger partial charge is 0.356 e. The zero-order valence-corrected chi connectivity index (χ0v) is 13.8. The third-order valence-electron chi connectivity index (χ3n) is 3.91. The molecule has 0 fully saturated rings. The number of aliphatic imine (C=N–C) groups is 1. The van der Waals surface area contributed by atoms with Crippen LogP contribution in [0.2, 0.25) is 0 Å². The summed E-state index contributed by atoms with van der Waals surface area (Å²) in [6.45, 7) is 6.71. The predicted molar refractivity (Wildman–Crippen MR) is 97.6 cm³/mol. The van der Waals surface area contributed by atoms with Gasteiger partial charge >= 0.3 is 0 Å². The molecule has 0 heterocycles. The average molecular weight is 294 g/mol. The molecule has 116 valence electrons. The van der Waals surface area contributed by atoms with Gasteiger partial charge in [0.15, 0.2) is 0 Å². The van der Waals surface area contributed by atoms with E-state index < -0.39 is 0 Å². The molecule has 0 radical (unpaired) electrons. The molecule has 22 heavy (non-hydrogen) atoms. The Labute approximate surface area is 134 Å². The second kappa shape index (κ2) is 8.38. The Morgan fingerprint density at radius 1 is 0.955 bits per heavy atom. The molecule has 2 heteroatoms. The summed E-state index contributed by atoms with van der Waals surface area (Å²) in [7, 11) is 0. The van der Waals surface area contributed by atoms with Crippen LogP contribution in [0.5, 0.6) is 0 Å². The molecule has 0 aromatic heterocycles. The number of nitrogens with one attached hydrogen (secondary N) is 1. The molecule has 0 spiro atoms. The lowest BCUT2D eigenvalue weighted by molar-refractivity contribution is 0.583. The minimum Gasteiger partial charge on any atom is -0.356 e. The minimum absolute atomic E-state index is 0.706. The van der Waals surface area contributed by atoms with Gasteiger partial charge in [-0.05, 0) is 55.2 Å². The van der Waals surface area contributed by atoms with Gasteiger partial charge in [-0.25, -0.2) is 0 Å². The van der Waals surface area contributed by atoms with Crippen LogP contribution in [-0.4, -0.2) is 5.71 Å². The first-order valence-corrected chi connectivity index (χ1v) is 8.19. The maximum atomic E-state index is 4.80. The van der Waals surface area contributed by atoms with Gasteiger partial charge in [-0.1, -0.05) is 45.4 Å². The van der Waals surface area contributed by atoms with Crippen molar-refractivity contribution in [2.24, 2.45) is 10.9 Å². The van der Waals surface area contributed by atoms with E-state index in [1.54, 1.807) is 0 Å². The number of nitrogens with zero attached hydrogens (tertiary/aromatic N) is 1. The predicted octanol–water partition coefficient (Wildman–Crippen LogP) is 6.35. The van der Waals surface area contributed by atoms with Crippen LogP contribution in [0.1, 0.15) is 40.0 Å². The van der Waals surface area contributed by atoms with Crippen molar-refractivity contribution in [3.05, 3.63) is 54.6 Å². The second-order valence-electron chi connectivity index (χ2n) is 5.79. The molecule has 2 nitrogen and oxygen atoms in total. The van der Waals surface area contributed by atoms with E-state index in [0.717, 1.165) is 29.9 Å². The van der Waals surface area contributed by atoms with Crippen molar-refractivity contribution in [1.82, 2.24) is 0 Å². The van der Waals surface area contributed by atoms with Crippen molar-refractivity contribution in [2.75, 3.05) is 5.32 Å². The van der Waals surface area contributed by atoms with Gasteiger partial charge in [0.2, 0.25) is 0 Å². The number of hydrogen-bond acceptors (Lipinski definition) is 2. The molecular weight excluding hydrogens is 268 g/mol. The van der Waals surface area contributed by atoms with E-state index in [1.165, 1.54) is 12.1 Å². The highest BCUT2D eigenvalue weighted by atomic mass is 14.9. The van der Waals surface area contributed by atoms with Gasteiger partial charge < -0.3 is 5.32 Å². The van der Waals surface area contributed by atoms with Crippen molar-refractivity contribution in [3.63, 3.8) is 0 Å². The SMILES string of the molecule is CCC(CC(C)CC)=Nc1ccc(Nc2ccccc2)cc1. The molecule has 0 saturated carbocycles. The van der Waals surface area contributed by atoms with Crippen LogP contribution in [0, 0.1) is 5.92 Å². The molecule has 2 rings (SSSR count). The smallest absolute Gasteiger partial charge is 0.0630 e. The molecule has 2 aromatic carbocycles. The summed E-state index contributed by atoms with van der Waals surface area (Å²) in [5.74, 6) is 0.706. The zero-order valence-electron chi connectivity index (χ0n) is 13.8. The number of benzene rings is 2. The summed E-state index contributed by atoms with van der Waals surface area (Å²) < 4.78 is 0. The molecule has 0 aliphatic rings. The molecule has 1 atom stereocenters. The molecular formula is C20H26N2. The third-order valence-corrected chi connectivity index (χ3v) is 3.91. The summed E-state index contributed by atoms with van der Waals surface area (Å²) in [6.07, 6.45) is 3.32. The topological polar surface area (TPSA) is 24.4 Å². The average Bonchev–Trinajstić information content (AvgIpc) is 2.56. The quantitative estimate of drug-likeness (QED) is 0.591. The van der Waals surface area contributed by atoms with Crippen LogP contribution >= 0.6 is 0 Å². The number of anilines is 2. The van der Waals surface area contributed by atoms with Crippen molar-refractivity contribution in [1.29, 1.82) is 0 Å². The van der Waals surface area contributed by atoms with Crippen LogP contribution < -0.4 is 5.32 Å². The summed E-state index contributed by atoms with van der Waals surface area (Å²) in [5, 5.41) is 3.39. The van der Waals surface area contributed by atoms with E-state index in [4.69, 9.17) is 4.99 Å². The lowest BCUT2D eigenvalue weighted by atomic mass is 10.0. The summed E-state index contributed by atoms with van der Waals surface area (Å²) >= 11 is 0. The molecule has 2 aromatic rings. The molecule has 0 saturated heterocycles. The van der Waals surface area contributed by atoms with Crippen LogP contribution in [0.15, 0.2) is 59.6 Å². The van der Waals surface area contributed by atoms with E-state index in [-0.39, 0.29) is 0 Å². The van der Waals surface area contributed by atoms with Gasteiger partial charge in [-0.2, -0.15) is 0 Å². The first-order chi connectivity index (χ1) is 10.7. The number of hydrogen-bond donors (Lipinski definition) is 1.